The molecule has 0 aliphatic heterocycles. The highest BCUT2D eigenvalue weighted by Crippen LogP contribution is 2.39. The monoisotopic (exact) mass is 222 g/mol. The topological polar surface area (TPSA) is 0 Å². The van der Waals surface area contributed by atoms with Crippen LogP contribution in [0.25, 0.3) is 0 Å². The molecule has 0 spiro atoms. The van der Waals surface area contributed by atoms with E-state index in [0.29, 0.717) is 5.92 Å². The minimum atomic E-state index is 0.704. The van der Waals surface area contributed by atoms with E-state index in [9.17, 15) is 0 Å². The van der Waals surface area contributed by atoms with Crippen LogP contribution in [0.5, 0.6) is 0 Å². The van der Waals surface area contributed by atoms with E-state index >= 15 is 0 Å². The van der Waals surface area contributed by atoms with Gasteiger partial charge in [-0.2, -0.15) is 0 Å². The van der Waals surface area contributed by atoms with Crippen molar-refractivity contribution in [3.05, 3.63) is 34.3 Å². The molecule has 1 fully saturated rings. The second-order valence-electron chi connectivity index (χ2n) is 4.93. The minimum absolute atomic E-state index is 0.704. The van der Waals surface area contributed by atoms with E-state index in [1.165, 1.54) is 36.8 Å². The van der Waals surface area contributed by atoms with Crippen molar-refractivity contribution in [2.75, 3.05) is 0 Å². The molecule has 82 valence electrons. The summed E-state index contributed by atoms with van der Waals surface area (Å²) >= 11 is 6.30. The minimum Gasteiger partial charge on any atom is -0.0840 e. The summed E-state index contributed by atoms with van der Waals surface area (Å²) in [5, 5.41) is 0.967. The zero-order valence-electron chi connectivity index (χ0n) is 9.59. The van der Waals surface area contributed by atoms with Gasteiger partial charge in [0.05, 0.1) is 0 Å². The van der Waals surface area contributed by atoms with Crippen molar-refractivity contribution in [1.82, 2.24) is 0 Å². The Labute approximate surface area is 97.6 Å². The number of benzene rings is 1. The fourth-order valence-corrected chi connectivity index (χ4v) is 3.09. The standard InChI is InChI=1S/C14H19Cl/c1-10-6-8-12(9-7-10)14-11(2)4-3-5-13(14)15/h3-5,10,12H,6-9H2,1-2H3. The van der Waals surface area contributed by atoms with E-state index in [0.717, 1.165) is 10.9 Å². The zero-order valence-corrected chi connectivity index (χ0v) is 10.3. The second kappa shape index (κ2) is 4.57. The van der Waals surface area contributed by atoms with Gasteiger partial charge < -0.3 is 0 Å². The second-order valence-corrected chi connectivity index (χ2v) is 5.33. The Morgan fingerprint density at radius 2 is 1.80 bits per heavy atom. The molecular weight excluding hydrogens is 204 g/mol. The lowest BCUT2D eigenvalue weighted by molar-refractivity contribution is 0.347. The molecule has 0 atom stereocenters. The Balaban J connectivity index is 2.22. The van der Waals surface area contributed by atoms with Crippen LogP contribution in [-0.4, -0.2) is 0 Å². The Morgan fingerprint density at radius 1 is 1.13 bits per heavy atom. The molecule has 0 amide bonds. The van der Waals surface area contributed by atoms with E-state index < -0.39 is 0 Å². The molecule has 0 heterocycles. The molecule has 15 heavy (non-hydrogen) atoms. The van der Waals surface area contributed by atoms with Crippen LogP contribution in [0.3, 0.4) is 0 Å². The van der Waals surface area contributed by atoms with Crippen LogP contribution in [0.1, 0.15) is 49.7 Å². The van der Waals surface area contributed by atoms with Gasteiger partial charge in [0.2, 0.25) is 0 Å². The van der Waals surface area contributed by atoms with Gasteiger partial charge in [0.25, 0.3) is 0 Å². The summed E-state index contributed by atoms with van der Waals surface area (Å²) in [6, 6.07) is 6.26. The van der Waals surface area contributed by atoms with Gasteiger partial charge in [0, 0.05) is 5.02 Å². The quantitative estimate of drug-likeness (QED) is 0.631. The fourth-order valence-electron chi connectivity index (χ4n) is 2.71. The van der Waals surface area contributed by atoms with Crippen molar-refractivity contribution in [2.45, 2.75) is 45.4 Å². The van der Waals surface area contributed by atoms with Crippen LogP contribution in [0.15, 0.2) is 18.2 Å². The van der Waals surface area contributed by atoms with Gasteiger partial charge in [-0.15, -0.1) is 0 Å². The predicted molar refractivity (Wildman–Crippen MR) is 66.6 cm³/mol. The van der Waals surface area contributed by atoms with Crippen LogP contribution in [-0.2, 0) is 0 Å². The molecule has 1 aliphatic rings. The molecule has 0 bridgehead atoms. The van der Waals surface area contributed by atoms with Crippen LogP contribution < -0.4 is 0 Å². The molecule has 1 heteroatoms. The molecule has 1 aliphatic carbocycles. The van der Waals surface area contributed by atoms with Crippen molar-refractivity contribution < 1.29 is 0 Å². The van der Waals surface area contributed by atoms with Gasteiger partial charge in [-0.05, 0) is 48.8 Å². The number of hydrogen-bond acceptors (Lipinski definition) is 0. The number of halogens is 1. The van der Waals surface area contributed by atoms with Gasteiger partial charge in [0.15, 0.2) is 0 Å². The van der Waals surface area contributed by atoms with Crippen LogP contribution in [0.4, 0.5) is 0 Å². The Kier molecular flexibility index (Phi) is 3.35. The maximum atomic E-state index is 6.30. The molecule has 1 aromatic rings. The van der Waals surface area contributed by atoms with Gasteiger partial charge in [-0.1, -0.05) is 43.5 Å². The summed E-state index contributed by atoms with van der Waals surface area (Å²) in [7, 11) is 0. The summed E-state index contributed by atoms with van der Waals surface area (Å²) in [6.07, 6.45) is 5.34. The Bertz CT molecular complexity index is 315. The molecule has 0 nitrogen and oxygen atoms in total. The Morgan fingerprint density at radius 3 is 2.40 bits per heavy atom. The zero-order chi connectivity index (χ0) is 10.8. The first-order valence-corrected chi connectivity index (χ1v) is 6.31. The maximum absolute atomic E-state index is 6.30. The predicted octanol–water partition coefficient (Wildman–Crippen LogP) is 4.94. The maximum Gasteiger partial charge on any atom is 0.0443 e. The molecular formula is C14H19Cl. The summed E-state index contributed by atoms with van der Waals surface area (Å²) in [5.74, 6) is 1.61. The van der Waals surface area contributed by atoms with Crippen LogP contribution >= 0.6 is 11.6 Å². The largest absolute Gasteiger partial charge is 0.0840 e. The van der Waals surface area contributed by atoms with Crippen LogP contribution in [0, 0.1) is 12.8 Å². The van der Waals surface area contributed by atoms with Crippen molar-refractivity contribution in [3.63, 3.8) is 0 Å². The first-order chi connectivity index (χ1) is 7.18. The summed E-state index contributed by atoms with van der Waals surface area (Å²) in [6.45, 7) is 4.54. The van der Waals surface area contributed by atoms with Gasteiger partial charge in [0.1, 0.15) is 0 Å². The van der Waals surface area contributed by atoms with Gasteiger partial charge in [-0.25, -0.2) is 0 Å². The van der Waals surface area contributed by atoms with Crippen molar-refractivity contribution in [1.29, 1.82) is 0 Å². The first kappa shape index (κ1) is 11.0. The van der Waals surface area contributed by atoms with Crippen LogP contribution in [0.2, 0.25) is 5.02 Å². The molecule has 0 saturated heterocycles. The van der Waals surface area contributed by atoms with E-state index in [2.05, 4.69) is 19.9 Å². The number of hydrogen-bond donors (Lipinski definition) is 0. The highest BCUT2D eigenvalue weighted by molar-refractivity contribution is 6.31. The van der Waals surface area contributed by atoms with Gasteiger partial charge >= 0.3 is 0 Å². The molecule has 0 radical (unpaired) electrons. The first-order valence-electron chi connectivity index (χ1n) is 5.93. The summed E-state index contributed by atoms with van der Waals surface area (Å²) < 4.78 is 0. The van der Waals surface area contributed by atoms with Gasteiger partial charge in [-0.3, -0.25) is 0 Å². The smallest absolute Gasteiger partial charge is 0.0443 e. The van der Waals surface area contributed by atoms with E-state index in [1.807, 2.05) is 12.1 Å². The molecule has 2 rings (SSSR count). The lowest BCUT2D eigenvalue weighted by Gasteiger charge is -2.28. The average Bonchev–Trinajstić information content (AvgIpc) is 2.20. The summed E-state index contributed by atoms with van der Waals surface area (Å²) in [4.78, 5) is 0. The Hall–Kier alpha value is -0.490. The average molecular weight is 223 g/mol. The number of rotatable bonds is 1. The molecule has 0 aromatic heterocycles. The molecule has 0 unspecified atom stereocenters. The molecule has 1 saturated carbocycles. The van der Waals surface area contributed by atoms with Crippen molar-refractivity contribution in [3.8, 4) is 0 Å². The SMILES string of the molecule is Cc1cccc(Cl)c1C1CCC(C)CC1. The highest BCUT2D eigenvalue weighted by atomic mass is 35.5. The van der Waals surface area contributed by atoms with E-state index in [1.54, 1.807) is 0 Å². The third-order valence-corrected chi connectivity index (χ3v) is 4.02. The molecule has 1 aromatic carbocycles. The van der Waals surface area contributed by atoms with E-state index in [4.69, 9.17) is 11.6 Å². The lowest BCUT2D eigenvalue weighted by atomic mass is 9.78. The lowest BCUT2D eigenvalue weighted by Crippen LogP contribution is -2.12. The van der Waals surface area contributed by atoms with E-state index in [-0.39, 0.29) is 0 Å². The highest BCUT2D eigenvalue weighted by Gasteiger charge is 2.22. The normalized spacial score (nSPS) is 26.6. The third-order valence-electron chi connectivity index (χ3n) is 3.70. The summed E-state index contributed by atoms with van der Waals surface area (Å²) in [5.41, 5.74) is 2.77. The van der Waals surface area contributed by atoms with Crippen molar-refractivity contribution in [2.24, 2.45) is 5.92 Å². The third kappa shape index (κ3) is 2.36. The molecule has 0 N–H and O–H groups in total. The fraction of sp³-hybridized carbons (Fsp3) is 0.571. The number of aryl methyl sites for hydroxylation is 1. The van der Waals surface area contributed by atoms with Crippen molar-refractivity contribution >= 4 is 11.6 Å².